The molecule has 56 valence electrons. The number of hydrogen-bond donors (Lipinski definition) is 1. The first-order valence-electron chi connectivity index (χ1n) is 2.36. The van der Waals surface area contributed by atoms with Gasteiger partial charge in [-0.25, -0.2) is 0 Å². The molecule has 0 unspecified atom stereocenters. The minimum atomic E-state index is -4.33. The van der Waals surface area contributed by atoms with E-state index in [0.717, 1.165) is 12.1 Å². The molecule has 0 aliphatic heterocycles. The van der Waals surface area contributed by atoms with Crippen molar-refractivity contribution < 1.29 is 18.3 Å². The molecule has 0 amide bonds. The zero-order valence-corrected chi connectivity index (χ0v) is 5.46. The van der Waals surface area contributed by atoms with Crippen LogP contribution in [0.4, 0.5) is 13.2 Å². The summed E-state index contributed by atoms with van der Waals surface area (Å²) in [4.78, 5) is -0.773. The summed E-state index contributed by atoms with van der Waals surface area (Å²) in [6.07, 6.45) is -4.33. The zero-order valence-electron chi connectivity index (χ0n) is 4.64. The Labute approximate surface area is 58.7 Å². The van der Waals surface area contributed by atoms with Crippen molar-refractivity contribution in [3.8, 4) is 5.06 Å². The van der Waals surface area contributed by atoms with Crippen molar-refractivity contribution in [3.63, 3.8) is 0 Å². The first-order valence-corrected chi connectivity index (χ1v) is 3.18. The van der Waals surface area contributed by atoms with Gasteiger partial charge in [0.15, 0.2) is 5.06 Å². The van der Waals surface area contributed by atoms with Gasteiger partial charge in [-0.3, -0.25) is 0 Å². The van der Waals surface area contributed by atoms with Crippen LogP contribution in [0.15, 0.2) is 12.1 Å². The summed E-state index contributed by atoms with van der Waals surface area (Å²) in [5.41, 5.74) is 0. The number of hydrogen-bond acceptors (Lipinski definition) is 2. The minimum Gasteiger partial charge on any atom is -0.499 e. The molecule has 0 radical (unpaired) electrons. The lowest BCUT2D eigenvalue weighted by molar-refractivity contribution is -0.134. The molecule has 0 aliphatic carbocycles. The number of alkyl halides is 3. The van der Waals surface area contributed by atoms with E-state index in [1.165, 1.54) is 0 Å². The van der Waals surface area contributed by atoms with Crippen molar-refractivity contribution in [2.45, 2.75) is 6.18 Å². The second-order valence-electron chi connectivity index (χ2n) is 1.64. The lowest BCUT2D eigenvalue weighted by Crippen LogP contribution is -2.00. The molecule has 0 bridgehead atoms. The number of rotatable bonds is 0. The van der Waals surface area contributed by atoms with E-state index < -0.39 is 11.1 Å². The van der Waals surface area contributed by atoms with E-state index in [2.05, 4.69) is 0 Å². The molecule has 0 spiro atoms. The van der Waals surface area contributed by atoms with Gasteiger partial charge in [-0.1, -0.05) is 11.3 Å². The first-order chi connectivity index (χ1) is 4.50. The molecule has 5 heteroatoms. The van der Waals surface area contributed by atoms with E-state index in [-0.39, 0.29) is 5.06 Å². The number of aromatic hydroxyl groups is 1. The summed E-state index contributed by atoms with van der Waals surface area (Å²) in [5.74, 6) is 0. The Balaban J connectivity index is 2.96. The molecular weight excluding hydrogens is 165 g/mol. The van der Waals surface area contributed by atoms with E-state index in [1.807, 2.05) is 0 Å². The standard InChI is InChI=1S/C5H3F3OS/c6-5(7,8)3-1-2-4(9)10-3/h1-2,9H. The van der Waals surface area contributed by atoms with Crippen molar-refractivity contribution in [3.05, 3.63) is 17.0 Å². The van der Waals surface area contributed by atoms with Gasteiger partial charge in [-0.2, -0.15) is 13.2 Å². The number of halogens is 3. The van der Waals surface area contributed by atoms with E-state index in [1.54, 1.807) is 0 Å². The van der Waals surface area contributed by atoms with Crippen LogP contribution in [-0.4, -0.2) is 5.11 Å². The predicted molar refractivity (Wildman–Crippen MR) is 31.0 cm³/mol. The van der Waals surface area contributed by atoms with Gasteiger partial charge in [-0.15, -0.1) is 0 Å². The first kappa shape index (κ1) is 7.40. The van der Waals surface area contributed by atoms with Crippen molar-refractivity contribution in [2.75, 3.05) is 0 Å². The van der Waals surface area contributed by atoms with Gasteiger partial charge in [0.1, 0.15) is 4.88 Å². The van der Waals surface area contributed by atoms with Crippen LogP contribution in [-0.2, 0) is 6.18 Å². The van der Waals surface area contributed by atoms with Crippen LogP contribution in [0, 0.1) is 0 Å². The Bertz CT molecular complexity index is 227. The summed E-state index contributed by atoms with van der Waals surface area (Å²) in [6.45, 7) is 0. The molecule has 0 aromatic carbocycles. The summed E-state index contributed by atoms with van der Waals surface area (Å²) in [5, 5.41) is 8.22. The molecule has 0 atom stereocenters. The molecule has 1 nitrogen and oxygen atoms in total. The quantitative estimate of drug-likeness (QED) is 0.630. The second-order valence-corrected chi connectivity index (χ2v) is 2.70. The summed E-state index contributed by atoms with van der Waals surface area (Å²) in [7, 11) is 0. The topological polar surface area (TPSA) is 20.2 Å². The lowest BCUT2D eigenvalue weighted by Gasteiger charge is -1.99. The van der Waals surface area contributed by atoms with Crippen molar-refractivity contribution in [1.29, 1.82) is 0 Å². The fourth-order valence-corrected chi connectivity index (χ4v) is 1.09. The zero-order chi connectivity index (χ0) is 7.78. The van der Waals surface area contributed by atoms with Gasteiger partial charge in [0, 0.05) is 0 Å². The Morgan fingerprint density at radius 3 is 2.10 bits per heavy atom. The average Bonchev–Trinajstić information content (AvgIpc) is 2.11. The number of thiophene rings is 1. The monoisotopic (exact) mass is 168 g/mol. The maximum Gasteiger partial charge on any atom is 0.425 e. The van der Waals surface area contributed by atoms with Crippen molar-refractivity contribution in [2.24, 2.45) is 0 Å². The molecule has 0 fully saturated rings. The molecule has 0 saturated heterocycles. The Morgan fingerprint density at radius 2 is 1.90 bits per heavy atom. The van der Waals surface area contributed by atoms with Crippen LogP contribution >= 0.6 is 11.3 Å². The Hall–Kier alpha value is -0.710. The van der Waals surface area contributed by atoms with Crippen molar-refractivity contribution >= 4 is 11.3 Å². The van der Waals surface area contributed by atoms with Gasteiger partial charge in [0.2, 0.25) is 0 Å². The van der Waals surface area contributed by atoms with Crippen LogP contribution in [0.5, 0.6) is 5.06 Å². The fourth-order valence-electron chi connectivity index (χ4n) is 0.480. The molecular formula is C5H3F3OS. The summed E-state index contributed by atoms with van der Waals surface area (Å²) < 4.78 is 35.1. The molecule has 1 aromatic rings. The van der Waals surface area contributed by atoms with Gasteiger partial charge < -0.3 is 5.11 Å². The average molecular weight is 168 g/mol. The highest BCUT2D eigenvalue weighted by molar-refractivity contribution is 7.13. The van der Waals surface area contributed by atoms with Crippen LogP contribution in [0.25, 0.3) is 0 Å². The van der Waals surface area contributed by atoms with Crippen LogP contribution < -0.4 is 0 Å². The molecule has 0 aliphatic rings. The molecule has 1 N–H and O–H groups in total. The lowest BCUT2D eigenvalue weighted by atomic mass is 10.5. The minimum absolute atomic E-state index is 0.313. The van der Waals surface area contributed by atoms with E-state index in [4.69, 9.17) is 5.11 Å². The highest BCUT2D eigenvalue weighted by Gasteiger charge is 2.32. The molecule has 10 heavy (non-hydrogen) atoms. The third kappa shape index (κ3) is 1.41. The maximum atomic E-state index is 11.7. The van der Waals surface area contributed by atoms with Gasteiger partial charge >= 0.3 is 6.18 Å². The van der Waals surface area contributed by atoms with E-state index in [9.17, 15) is 13.2 Å². The molecule has 0 saturated carbocycles. The summed E-state index contributed by atoms with van der Waals surface area (Å²) >= 11 is 0.325. The van der Waals surface area contributed by atoms with Crippen molar-refractivity contribution in [1.82, 2.24) is 0 Å². The highest BCUT2D eigenvalue weighted by atomic mass is 32.1. The van der Waals surface area contributed by atoms with Crippen LogP contribution in [0.1, 0.15) is 4.88 Å². The normalized spacial score (nSPS) is 11.9. The third-order valence-electron chi connectivity index (χ3n) is 0.871. The highest BCUT2D eigenvalue weighted by Crippen LogP contribution is 2.36. The Kier molecular flexibility index (Phi) is 1.60. The SMILES string of the molecule is Oc1ccc(C(F)(F)F)s1. The largest absolute Gasteiger partial charge is 0.499 e. The van der Waals surface area contributed by atoms with Gasteiger partial charge in [0.05, 0.1) is 0 Å². The molecule has 1 rings (SSSR count). The maximum absolute atomic E-state index is 11.7. The van der Waals surface area contributed by atoms with Crippen LogP contribution in [0.2, 0.25) is 0 Å². The van der Waals surface area contributed by atoms with Gasteiger partial charge in [-0.05, 0) is 12.1 Å². The van der Waals surface area contributed by atoms with Crippen LogP contribution in [0.3, 0.4) is 0 Å². The smallest absolute Gasteiger partial charge is 0.425 e. The van der Waals surface area contributed by atoms with E-state index >= 15 is 0 Å². The Morgan fingerprint density at radius 1 is 1.30 bits per heavy atom. The molecule has 1 aromatic heterocycles. The van der Waals surface area contributed by atoms with Gasteiger partial charge in [0.25, 0.3) is 0 Å². The summed E-state index contributed by atoms with van der Waals surface area (Å²) in [6, 6.07) is 1.87. The predicted octanol–water partition coefficient (Wildman–Crippen LogP) is 2.47. The van der Waals surface area contributed by atoms with E-state index in [0.29, 0.717) is 11.3 Å². The molecule has 1 heterocycles. The third-order valence-corrected chi connectivity index (χ3v) is 1.80. The second kappa shape index (κ2) is 2.16. The fraction of sp³-hybridized carbons (Fsp3) is 0.200.